The molecule has 1 aromatic rings. The maximum atomic E-state index is 8.67. The smallest absolute Gasteiger partial charge is 0.153 e. The van der Waals surface area contributed by atoms with Gasteiger partial charge in [-0.3, -0.25) is 4.90 Å². The van der Waals surface area contributed by atoms with Crippen LogP contribution in [0, 0.1) is 0 Å². The molecule has 0 heterocycles. The molecule has 0 aromatic heterocycles. The molecule has 0 fully saturated rings. The van der Waals surface area contributed by atoms with Gasteiger partial charge < -0.3 is 15.7 Å². The Balaban J connectivity index is 2.86. The predicted molar refractivity (Wildman–Crippen MR) is 79.7 cm³/mol. The van der Waals surface area contributed by atoms with Gasteiger partial charge in [0.05, 0.1) is 13.7 Å². The van der Waals surface area contributed by atoms with E-state index in [1.54, 1.807) is 7.11 Å². The first-order chi connectivity index (χ1) is 9.10. The van der Waals surface area contributed by atoms with Crippen LogP contribution in [-0.2, 0) is 6.54 Å². The predicted octanol–water partition coefficient (Wildman–Crippen LogP) is 2.42. The normalized spacial score (nSPS) is 11.9. The molecule has 0 spiro atoms. The van der Waals surface area contributed by atoms with Crippen LogP contribution in [0.15, 0.2) is 27.8 Å². The third-order valence-corrected chi connectivity index (χ3v) is 3.18. The lowest BCUT2D eigenvalue weighted by atomic mass is 10.2. The van der Waals surface area contributed by atoms with Crippen LogP contribution >= 0.6 is 15.9 Å². The van der Waals surface area contributed by atoms with Gasteiger partial charge in [0.2, 0.25) is 0 Å². The molecule has 0 aliphatic heterocycles. The molecular formula is C13H20BrN3O2. The highest BCUT2D eigenvalue weighted by molar-refractivity contribution is 9.10. The Morgan fingerprint density at radius 2 is 2.26 bits per heavy atom. The summed E-state index contributed by atoms with van der Waals surface area (Å²) in [7, 11) is 1.65. The average Bonchev–Trinajstić information content (AvgIpc) is 2.39. The quantitative estimate of drug-likeness (QED) is 0.349. The van der Waals surface area contributed by atoms with E-state index >= 15 is 0 Å². The van der Waals surface area contributed by atoms with Crippen LogP contribution in [0.25, 0.3) is 0 Å². The van der Waals surface area contributed by atoms with Crippen molar-refractivity contribution >= 4 is 21.8 Å². The lowest BCUT2D eigenvalue weighted by Gasteiger charge is -2.22. The van der Waals surface area contributed by atoms with Crippen molar-refractivity contribution in [1.29, 1.82) is 0 Å². The van der Waals surface area contributed by atoms with Crippen molar-refractivity contribution in [2.24, 2.45) is 10.9 Å². The van der Waals surface area contributed by atoms with Crippen LogP contribution < -0.4 is 10.5 Å². The van der Waals surface area contributed by atoms with Crippen molar-refractivity contribution in [2.75, 3.05) is 20.2 Å². The first kappa shape index (κ1) is 15.8. The molecule has 1 aromatic carbocycles. The van der Waals surface area contributed by atoms with E-state index in [0.29, 0.717) is 13.1 Å². The third kappa shape index (κ3) is 5.08. The number of methoxy groups -OCH3 is 1. The molecule has 1 rings (SSSR count). The SMILES string of the molecule is CCCN(CC(N)=NO)Cc1cc(Br)ccc1OC. The van der Waals surface area contributed by atoms with Crippen molar-refractivity contribution in [2.45, 2.75) is 19.9 Å². The van der Waals surface area contributed by atoms with E-state index < -0.39 is 0 Å². The van der Waals surface area contributed by atoms with Crippen molar-refractivity contribution in [3.8, 4) is 5.75 Å². The van der Waals surface area contributed by atoms with E-state index in [4.69, 9.17) is 15.7 Å². The monoisotopic (exact) mass is 329 g/mol. The Morgan fingerprint density at radius 3 is 2.84 bits per heavy atom. The third-order valence-electron chi connectivity index (χ3n) is 2.69. The fourth-order valence-electron chi connectivity index (χ4n) is 1.90. The van der Waals surface area contributed by atoms with Crippen LogP contribution in [0.2, 0.25) is 0 Å². The number of nitrogens with zero attached hydrogens (tertiary/aromatic N) is 2. The van der Waals surface area contributed by atoms with Gasteiger partial charge in [-0.2, -0.15) is 0 Å². The van der Waals surface area contributed by atoms with Crippen molar-refractivity contribution in [3.05, 3.63) is 28.2 Å². The lowest BCUT2D eigenvalue weighted by Crippen LogP contribution is -2.34. The van der Waals surface area contributed by atoms with Crippen molar-refractivity contribution in [1.82, 2.24) is 4.90 Å². The molecule has 0 bridgehead atoms. The maximum absolute atomic E-state index is 8.67. The number of rotatable bonds is 7. The summed E-state index contributed by atoms with van der Waals surface area (Å²) in [5, 5.41) is 11.7. The van der Waals surface area contributed by atoms with Gasteiger partial charge in [-0.1, -0.05) is 28.0 Å². The van der Waals surface area contributed by atoms with Crippen LogP contribution in [0.4, 0.5) is 0 Å². The zero-order chi connectivity index (χ0) is 14.3. The molecule has 6 heteroatoms. The van der Waals surface area contributed by atoms with E-state index in [0.717, 1.165) is 28.8 Å². The minimum absolute atomic E-state index is 0.211. The maximum Gasteiger partial charge on any atom is 0.153 e. The number of halogens is 1. The minimum Gasteiger partial charge on any atom is -0.496 e. The average molecular weight is 330 g/mol. The Morgan fingerprint density at radius 1 is 1.53 bits per heavy atom. The highest BCUT2D eigenvalue weighted by atomic mass is 79.9. The van der Waals surface area contributed by atoms with E-state index in [9.17, 15) is 0 Å². The molecule has 0 unspecified atom stereocenters. The molecule has 0 aliphatic carbocycles. The summed E-state index contributed by atoms with van der Waals surface area (Å²) >= 11 is 3.46. The number of amidine groups is 1. The second-order valence-corrected chi connectivity index (χ2v) is 5.17. The largest absolute Gasteiger partial charge is 0.496 e. The van der Waals surface area contributed by atoms with Gasteiger partial charge in [0.25, 0.3) is 0 Å². The Kier molecular flexibility index (Phi) is 6.66. The van der Waals surface area contributed by atoms with Crippen LogP contribution in [0.1, 0.15) is 18.9 Å². The van der Waals surface area contributed by atoms with Crippen molar-refractivity contribution in [3.63, 3.8) is 0 Å². The lowest BCUT2D eigenvalue weighted by molar-refractivity contribution is 0.282. The van der Waals surface area contributed by atoms with E-state index in [2.05, 4.69) is 32.9 Å². The molecule has 5 nitrogen and oxygen atoms in total. The minimum atomic E-state index is 0.211. The summed E-state index contributed by atoms with van der Waals surface area (Å²) in [5.74, 6) is 1.05. The summed E-state index contributed by atoms with van der Waals surface area (Å²) in [5.41, 5.74) is 6.64. The first-order valence-corrected chi connectivity index (χ1v) is 6.91. The fraction of sp³-hybridized carbons (Fsp3) is 0.462. The van der Waals surface area contributed by atoms with Gasteiger partial charge in [0, 0.05) is 16.6 Å². The molecule has 0 aliphatic rings. The molecule has 0 saturated heterocycles. The number of hydrogen-bond donors (Lipinski definition) is 2. The van der Waals surface area contributed by atoms with Gasteiger partial charge in [-0.25, -0.2) is 0 Å². The van der Waals surface area contributed by atoms with Gasteiger partial charge in [0.1, 0.15) is 5.75 Å². The number of ether oxygens (including phenoxy) is 1. The topological polar surface area (TPSA) is 71.1 Å². The van der Waals surface area contributed by atoms with Gasteiger partial charge in [-0.15, -0.1) is 0 Å². The Hall–Kier alpha value is -1.27. The van der Waals surface area contributed by atoms with Crippen LogP contribution in [-0.4, -0.2) is 36.1 Å². The Bertz CT molecular complexity index is 438. The zero-order valence-electron chi connectivity index (χ0n) is 11.3. The van der Waals surface area contributed by atoms with Crippen LogP contribution in [0.3, 0.4) is 0 Å². The van der Waals surface area contributed by atoms with Crippen molar-refractivity contribution < 1.29 is 9.94 Å². The molecule has 0 amide bonds. The number of hydrogen-bond acceptors (Lipinski definition) is 4. The van der Waals surface area contributed by atoms with Gasteiger partial charge in [0.15, 0.2) is 5.84 Å². The molecule has 0 atom stereocenters. The second kappa shape index (κ2) is 8.01. The summed E-state index contributed by atoms with van der Waals surface area (Å²) in [4.78, 5) is 2.11. The van der Waals surface area contributed by atoms with Gasteiger partial charge in [-0.05, 0) is 31.2 Å². The Labute approximate surface area is 122 Å². The van der Waals surface area contributed by atoms with E-state index in [1.165, 1.54) is 0 Å². The molecule has 0 radical (unpaired) electrons. The molecule has 106 valence electrons. The summed E-state index contributed by atoms with van der Waals surface area (Å²) in [6.07, 6.45) is 0.995. The highest BCUT2D eigenvalue weighted by Crippen LogP contribution is 2.24. The van der Waals surface area contributed by atoms with Crippen LogP contribution in [0.5, 0.6) is 5.75 Å². The summed E-state index contributed by atoms with van der Waals surface area (Å²) < 4.78 is 6.36. The van der Waals surface area contributed by atoms with E-state index in [-0.39, 0.29) is 5.84 Å². The molecule has 19 heavy (non-hydrogen) atoms. The summed E-state index contributed by atoms with van der Waals surface area (Å²) in [6, 6.07) is 5.89. The van der Waals surface area contributed by atoms with E-state index in [1.807, 2.05) is 18.2 Å². The highest BCUT2D eigenvalue weighted by Gasteiger charge is 2.11. The molecular weight excluding hydrogens is 310 g/mol. The number of benzene rings is 1. The zero-order valence-corrected chi connectivity index (χ0v) is 12.9. The summed E-state index contributed by atoms with van der Waals surface area (Å²) in [6.45, 7) is 4.08. The molecule has 0 saturated carbocycles. The second-order valence-electron chi connectivity index (χ2n) is 4.26. The van der Waals surface area contributed by atoms with Gasteiger partial charge >= 0.3 is 0 Å². The first-order valence-electron chi connectivity index (χ1n) is 6.11. The number of oxime groups is 1. The standard InChI is InChI=1S/C13H20BrN3O2/c1-3-6-17(9-13(15)16-18)8-10-7-11(14)4-5-12(10)19-2/h4-5,7,18H,3,6,8-9H2,1-2H3,(H2,15,16). The number of nitrogens with two attached hydrogens (primary N) is 1. The molecule has 3 N–H and O–H groups in total. The fourth-order valence-corrected chi connectivity index (χ4v) is 2.31.